The summed E-state index contributed by atoms with van der Waals surface area (Å²) in [5, 5.41) is 12.2. The Kier molecular flexibility index (Phi) is 6.24. The highest BCUT2D eigenvalue weighted by Gasteiger charge is 2.25. The minimum absolute atomic E-state index is 0.00865. The first-order valence-corrected chi connectivity index (χ1v) is 10.3. The molecule has 0 radical (unpaired) electrons. The fraction of sp³-hybridized carbons (Fsp3) is 0.381. The third-order valence-electron chi connectivity index (χ3n) is 4.64. The van der Waals surface area contributed by atoms with Crippen LogP contribution in [0.2, 0.25) is 0 Å². The van der Waals surface area contributed by atoms with Crippen molar-refractivity contribution < 1.29 is 9.21 Å². The lowest BCUT2D eigenvalue weighted by Gasteiger charge is -2.26. The van der Waals surface area contributed by atoms with Gasteiger partial charge in [0.15, 0.2) is 10.9 Å². The first kappa shape index (κ1) is 20.2. The number of aromatic nitrogens is 3. The Balaban J connectivity index is 1.85. The fourth-order valence-electron chi connectivity index (χ4n) is 2.61. The van der Waals surface area contributed by atoms with Gasteiger partial charge in [-0.2, -0.15) is 0 Å². The molecule has 0 saturated heterocycles. The predicted molar refractivity (Wildman–Crippen MR) is 111 cm³/mol. The monoisotopic (exact) mass is 398 g/mol. The Morgan fingerprint density at radius 1 is 1.21 bits per heavy atom. The van der Waals surface area contributed by atoms with Crippen LogP contribution in [0.5, 0.6) is 0 Å². The number of nitrogens with one attached hydrogen (secondary N) is 1. The molecule has 148 valence electrons. The van der Waals surface area contributed by atoms with E-state index in [-0.39, 0.29) is 16.7 Å². The summed E-state index contributed by atoms with van der Waals surface area (Å²) in [5.74, 6) is 1.29. The lowest BCUT2D eigenvalue weighted by molar-refractivity contribution is -0.121. The van der Waals surface area contributed by atoms with Crippen LogP contribution in [0, 0.1) is 0 Å². The van der Waals surface area contributed by atoms with Gasteiger partial charge in [-0.15, -0.1) is 10.2 Å². The van der Waals surface area contributed by atoms with Crippen molar-refractivity contribution in [2.24, 2.45) is 0 Å². The van der Waals surface area contributed by atoms with Gasteiger partial charge in [-0.3, -0.25) is 9.36 Å². The summed E-state index contributed by atoms with van der Waals surface area (Å²) in [7, 11) is 0. The summed E-state index contributed by atoms with van der Waals surface area (Å²) < 4.78 is 7.53. The highest BCUT2D eigenvalue weighted by molar-refractivity contribution is 8.00. The zero-order chi connectivity index (χ0) is 20.1. The summed E-state index contributed by atoms with van der Waals surface area (Å²) in [4.78, 5) is 12.6. The van der Waals surface area contributed by atoms with E-state index in [1.165, 1.54) is 11.8 Å². The minimum atomic E-state index is -0.297. The molecule has 3 aromatic rings. The van der Waals surface area contributed by atoms with Crippen LogP contribution in [-0.2, 0) is 11.3 Å². The molecule has 2 aromatic heterocycles. The van der Waals surface area contributed by atoms with E-state index in [0.29, 0.717) is 23.3 Å². The van der Waals surface area contributed by atoms with Crippen LogP contribution in [0.1, 0.15) is 39.7 Å². The number of nitrogens with zero attached hydrogens (tertiary/aromatic N) is 3. The molecule has 28 heavy (non-hydrogen) atoms. The van der Waals surface area contributed by atoms with Crippen LogP contribution in [0.3, 0.4) is 0 Å². The number of thioether (sulfide) groups is 1. The maximum absolute atomic E-state index is 12.6. The molecule has 1 N–H and O–H groups in total. The van der Waals surface area contributed by atoms with Gasteiger partial charge >= 0.3 is 0 Å². The second-order valence-electron chi connectivity index (χ2n) is 7.34. The molecular formula is C21H26N4O2S. The maximum Gasteiger partial charge on any atom is 0.233 e. The molecule has 0 bridgehead atoms. The Bertz CT molecular complexity index is 904. The van der Waals surface area contributed by atoms with Gasteiger partial charge < -0.3 is 9.73 Å². The first-order valence-electron chi connectivity index (χ1n) is 9.39. The number of furan rings is 1. The number of hydrogen-bond donors (Lipinski definition) is 1. The number of rotatable bonds is 8. The van der Waals surface area contributed by atoms with E-state index in [4.69, 9.17) is 4.42 Å². The van der Waals surface area contributed by atoms with E-state index in [2.05, 4.69) is 34.6 Å². The van der Waals surface area contributed by atoms with Gasteiger partial charge in [-0.25, -0.2) is 0 Å². The number of carbonyl (C=O) groups excluding carboxylic acids is 1. The molecule has 1 atom stereocenters. The van der Waals surface area contributed by atoms with Crippen molar-refractivity contribution in [2.45, 2.75) is 56.6 Å². The molecule has 0 saturated carbocycles. The van der Waals surface area contributed by atoms with Gasteiger partial charge in [-0.05, 0) is 44.9 Å². The number of benzene rings is 1. The highest BCUT2D eigenvalue weighted by atomic mass is 32.2. The molecule has 1 aromatic carbocycles. The van der Waals surface area contributed by atoms with Crippen molar-refractivity contribution >= 4 is 17.7 Å². The highest BCUT2D eigenvalue weighted by Crippen LogP contribution is 2.28. The lowest BCUT2D eigenvalue weighted by Crippen LogP contribution is -2.46. The van der Waals surface area contributed by atoms with Crippen molar-refractivity contribution in [1.29, 1.82) is 0 Å². The Hall–Kier alpha value is -2.54. The van der Waals surface area contributed by atoms with Crippen molar-refractivity contribution in [3.05, 3.63) is 54.3 Å². The van der Waals surface area contributed by atoms with Gasteiger partial charge in [0.1, 0.15) is 0 Å². The number of amides is 1. The Morgan fingerprint density at radius 3 is 2.61 bits per heavy atom. The number of carbonyl (C=O) groups is 1. The van der Waals surface area contributed by atoms with Crippen LogP contribution in [0.15, 0.2) is 58.3 Å². The van der Waals surface area contributed by atoms with E-state index in [0.717, 1.165) is 12.0 Å². The zero-order valence-corrected chi connectivity index (χ0v) is 17.5. The number of hydrogen-bond acceptors (Lipinski definition) is 5. The molecule has 0 fully saturated rings. The van der Waals surface area contributed by atoms with Gasteiger partial charge in [0.05, 0.1) is 18.1 Å². The van der Waals surface area contributed by atoms with Gasteiger partial charge in [0.2, 0.25) is 11.7 Å². The van der Waals surface area contributed by atoms with Crippen LogP contribution in [-0.4, -0.2) is 31.5 Å². The van der Waals surface area contributed by atoms with Gasteiger partial charge in [0.25, 0.3) is 0 Å². The maximum atomic E-state index is 12.6. The summed E-state index contributed by atoms with van der Waals surface area (Å²) in [6.07, 6.45) is 2.48. The second kappa shape index (κ2) is 8.65. The average molecular weight is 399 g/mol. The third-order valence-corrected chi connectivity index (χ3v) is 5.72. The van der Waals surface area contributed by atoms with Crippen LogP contribution >= 0.6 is 11.8 Å². The molecule has 7 heteroatoms. The summed E-state index contributed by atoms with van der Waals surface area (Å²) in [6.45, 7) is 8.59. The molecule has 0 aliphatic heterocycles. The van der Waals surface area contributed by atoms with Gasteiger partial charge in [-0.1, -0.05) is 49.0 Å². The van der Waals surface area contributed by atoms with Crippen LogP contribution in [0.25, 0.3) is 11.6 Å². The standard InChI is InChI=1S/C21H26N4O2S/c1-5-21(3,4)22-19(26)15(2)28-20-24-23-18(17-12-9-13-27-17)25(20)14-16-10-7-6-8-11-16/h6-13,15H,5,14H2,1-4H3,(H,22,26). The SMILES string of the molecule is CCC(C)(C)NC(=O)C(C)Sc1nnc(-c2ccco2)n1Cc1ccccc1. The Labute approximate surface area is 169 Å². The summed E-state index contributed by atoms with van der Waals surface area (Å²) in [5.41, 5.74) is 0.893. The third kappa shape index (κ3) is 4.84. The minimum Gasteiger partial charge on any atom is -0.461 e. The molecule has 0 aliphatic rings. The molecule has 0 spiro atoms. The molecular weight excluding hydrogens is 372 g/mol. The topological polar surface area (TPSA) is 73.0 Å². The van der Waals surface area contributed by atoms with Crippen molar-refractivity contribution in [3.63, 3.8) is 0 Å². The molecule has 3 rings (SSSR count). The molecule has 1 amide bonds. The van der Waals surface area contributed by atoms with E-state index in [1.807, 2.05) is 55.7 Å². The summed E-state index contributed by atoms with van der Waals surface area (Å²) >= 11 is 1.40. The quantitative estimate of drug-likeness (QED) is 0.570. The molecule has 1 unspecified atom stereocenters. The first-order chi connectivity index (χ1) is 13.4. The van der Waals surface area contributed by atoms with Crippen molar-refractivity contribution in [3.8, 4) is 11.6 Å². The fourth-order valence-corrected chi connectivity index (χ4v) is 3.46. The summed E-state index contributed by atoms with van der Waals surface area (Å²) in [6, 6.07) is 13.8. The molecule has 6 nitrogen and oxygen atoms in total. The van der Waals surface area contributed by atoms with Crippen molar-refractivity contribution in [2.75, 3.05) is 0 Å². The zero-order valence-electron chi connectivity index (χ0n) is 16.7. The normalized spacial score (nSPS) is 12.7. The van der Waals surface area contributed by atoms with E-state index in [1.54, 1.807) is 6.26 Å². The van der Waals surface area contributed by atoms with E-state index in [9.17, 15) is 4.79 Å². The van der Waals surface area contributed by atoms with Crippen LogP contribution < -0.4 is 5.32 Å². The molecule has 2 heterocycles. The van der Waals surface area contributed by atoms with Crippen molar-refractivity contribution in [1.82, 2.24) is 20.1 Å². The smallest absolute Gasteiger partial charge is 0.233 e. The average Bonchev–Trinajstić information content (AvgIpc) is 3.33. The molecule has 0 aliphatic carbocycles. The predicted octanol–water partition coefficient (Wildman–Crippen LogP) is 4.37. The second-order valence-corrected chi connectivity index (χ2v) is 8.65. The van der Waals surface area contributed by atoms with Crippen LogP contribution in [0.4, 0.5) is 0 Å². The van der Waals surface area contributed by atoms with E-state index < -0.39 is 0 Å². The Morgan fingerprint density at radius 2 is 1.96 bits per heavy atom. The largest absolute Gasteiger partial charge is 0.461 e. The van der Waals surface area contributed by atoms with Gasteiger partial charge in [0, 0.05) is 5.54 Å². The van der Waals surface area contributed by atoms with E-state index >= 15 is 0 Å². The lowest BCUT2D eigenvalue weighted by atomic mass is 10.0.